The average molecular weight is 365 g/mol. The molecule has 2 amide bonds. The first-order valence-electron chi connectivity index (χ1n) is 8.06. The molecule has 0 spiro atoms. The van der Waals surface area contributed by atoms with Crippen molar-refractivity contribution in [3.05, 3.63) is 76.5 Å². The molecule has 0 fully saturated rings. The van der Waals surface area contributed by atoms with E-state index in [1.54, 1.807) is 42.5 Å². The van der Waals surface area contributed by atoms with E-state index in [2.05, 4.69) is 10.6 Å². The molecule has 0 aliphatic heterocycles. The lowest BCUT2D eigenvalue weighted by atomic mass is 10.2. The van der Waals surface area contributed by atoms with Crippen LogP contribution < -0.4 is 15.5 Å². The highest BCUT2D eigenvalue weighted by Crippen LogP contribution is 2.19. The van der Waals surface area contributed by atoms with Gasteiger partial charge in [-0.25, -0.2) is 0 Å². The van der Waals surface area contributed by atoms with Gasteiger partial charge in [0.25, 0.3) is 11.8 Å². The molecule has 2 aromatic carbocycles. The van der Waals surface area contributed by atoms with E-state index in [9.17, 15) is 9.59 Å². The number of rotatable bonds is 5. The molecule has 0 radical (unpaired) electrons. The van der Waals surface area contributed by atoms with Gasteiger partial charge in [0.15, 0.2) is 0 Å². The summed E-state index contributed by atoms with van der Waals surface area (Å²) >= 11 is 1.38. The van der Waals surface area contributed by atoms with E-state index >= 15 is 0 Å². The molecule has 0 saturated carbocycles. The van der Waals surface area contributed by atoms with Crippen molar-refractivity contribution in [2.24, 2.45) is 0 Å². The van der Waals surface area contributed by atoms with Crippen molar-refractivity contribution in [3.63, 3.8) is 0 Å². The highest BCUT2D eigenvalue weighted by Gasteiger charge is 2.09. The third-order valence-electron chi connectivity index (χ3n) is 3.77. The standard InChI is InChI=1S/C20H19N3O2S/c1-23(2)17-10-8-14(9-11-17)19(24)21-15-5-3-6-16(13-15)22-20(25)18-7-4-12-26-18/h3-13H,1-2H3,(H,21,24)(H,22,25). The Balaban J connectivity index is 1.68. The molecule has 0 aliphatic carbocycles. The minimum atomic E-state index is -0.197. The van der Waals surface area contributed by atoms with Crippen LogP contribution in [0.5, 0.6) is 0 Å². The largest absolute Gasteiger partial charge is 0.378 e. The minimum absolute atomic E-state index is 0.164. The summed E-state index contributed by atoms with van der Waals surface area (Å²) in [6, 6.07) is 18.0. The Kier molecular flexibility index (Phi) is 5.34. The molecule has 0 aliphatic rings. The first kappa shape index (κ1) is 17.7. The lowest BCUT2D eigenvalue weighted by Crippen LogP contribution is -2.14. The van der Waals surface area contributed by atoms with Gasteiger partial charge < -0.3 is 15.5 Å². The van der Waals surface area contributed by atoms with Gasteiger partial charge in [0.05, 0.1) is 4.88 Å². The first-order valence-corrected chi connectivity index (χ1v) is 8.94. The SMILES string of the molecule is CN(C)c1ccc(C(=O)Nc2cccc(NC(=O)c3cccs3)c2)cc1. The molecule has 2 N–H and O–H groups in total. The second-order valence-corrected chi connectivity index (χ2v) is 6.86. The summed E-state index contributed by atoms with van der Waals surface area (Å²) in [5.74, 6) is -0.361. The summed E-state index contributed by atoms with van der Waals surface area (Å²) in [5.41, 5.74) is 2.85. The normalized spacial score (nSPS) is 10.2. The highest BCUT2D eigenvalue weighted by atomic mass is 32.1. The van der Waals surface area contributed by atoms with E-state index in [0.717, 1.165) is 5.69 Å². The molecule has 0 saturated heterocycles. The first-order chi connectivity index (χ1) is 12.5. The molecule has 5 nitrogen and oxygen atoms in total. The summed E-state index contributed by atoms with van der Waals surface area (Å²) in [4.78, 5) is 27.1. The maximum Gasteiger partial charge on any atom is 0.265 e. The molecule has 132 valence electrons. The fraction of sp³-hybridized carbons (Fsp3) is 0.100. The van der Waals surface area contributed by atoms with Gasteiger partial charge >= 0.3 is 0 Å². The Labute approximate surface area is 156 Å². The molecule has 6 heteroatoms. The summed E-state index contributed by atoms with van der Waals surface area (Å²) < 4.78 is 0. The van der Waals surface area contributed by atoms with Gasteiger partial charge in [-0.2, -0.15) is 0 Å². The third kappa shape index (κ3) is 4.29. The van der Waals surface area contributed by atoms with Gasteiger partial charge in [0, 0.05) is 36.7 Å². The number of carbonyl (C=O) groups is 2. The summed E-state index contributed by atoms with van der Waals surface area (Å²) in [6.45, 7) is 0. The van der Waals surface area contributed by atoms with Crippen molar-refractivity contribution < 1.29 is 9.59 Å². The van der Waals surface area contributed by atoms with Crippen molar-refractivity contribution in [2.45, 2.75) is 0 Å². The van der Waals surface area contributed by atoms with Gasteiger partial charge in [-0.05, 0) is 53.9 Å². The Morgan fingerprint density at radius 2 is 1.50 bits per heavy atom. The Morgan fingerprint density at radius 1 is 0.846 bits per heavy atom. The topological polar surface area (TPSA) is 61.4 Å². The monoisotopic (exact) mass is 365 g/mol. The van der Waals surface area contributed by atoms with Crippen LogP contribution in [0.4, 0.5) is 17.1 Å². The van der Waals surface area contributed by atoms with Crippen LogP contribution >= 0.6 is 11.3 Å². The number of benzene rings is 2. The van der Waals surface area contributed by atoms with Crippen molar-refractivity contribution in [1.82, 2.24) is 0 Å². The zero-order valence-corrected chi connectivity index (χ0v) is 15.3. The Bertz CT molecular complexity index is 903. The predicted molar refractivity (Wildman–Crippen MR) is 107 cm³/mol. The minimum Gasteiger partial charge on any atom is -0.378 e. The molecule has 1 aromatic heterocycles. The number of anilines is 3. The molecule has 3 aromatic rings. The van der Waals surface area contributed by atoms with E-state index in [-0.39, 0.29) is 11.8 Å². The molecule has 0 atom stereocenters. The van der Waals surface area contributed by atoms with E-state index in [0.29, 0.717) is 21.8 Å². The van der Waals surface area contributed by atoms with Gasteiger partial charge in [-0.1, -0.05) is 12.1 Å². The summed E-state index contributed by atoms with van der Waals surface area (Å²) in [5, 5.41) is 7.54. The molecule has 1 heterocycles. The number of nitrogens with zero attached hydrogens (tertiary/aromatic N) is 1. The molecule has 3 rings (SSSR count). The van der Waals surface area contributed by atoms with Crippen LogP contribution in [0, 0.1) is 0 Å². The quantitative estimate of drug-likeness (QED) is 0.708. The number of hydrogen-bond acceptors (Lipinski definition) is 4. The summed E-state index contributed by atoms with van der Waals surface area (Å²) in [6.07, 6.45) is 0. The highest BCUT2D eigenvalue weighted by molar-refractivity contribution is 7.12. The van der Waals surface area contributed by atoms with E-state index in [1.807, 2.05) is 42.6 Å². The number of nitrogens with one attached hydrogen (secondary N) is 2. The molecular weight excluding hydrogens is 346 g/mol. The van der Waals surface area contributed by atoms with Gasteiger partial charge in [0.2, 0.25) is 0 Å². The van der Waals surface area contributed by atoms with Crippen LogP contribution in [-0.2, 0) is 0 Å². The zero-order valence-electron chi connectivity index (χ0n) is 14.5. The molecule has 0 bridgehead atoms. The smallest absolute Gasteiger partial charge is 0.265 e. The number of carbonyl (C=O) groups excluding carboxylic acids is 2. The molecule has 26 heavy (non-hydrogen) atoms. The summed E-state index contributed by atoms with van der Waals surface area (Å²) in [7, 11) is 3.90. The van der Waals surface area contributed by atoms with E-state index in [4.69, 9.17) is 0 Å². The maximum absolute atomic E-state index is 12.4. The molecule has 0 unspecified atom stereocenters. The lowest BCUT2D eigenvalue weighted by molar-refractivity contribution is 0.102. The van der Waals surface area contributed by atoms with Gasteiger partial charge in [-0.15, -0.1) is 11.3 Å². The second-order valence-electron chi connectivity index (χ2n) is 5.91. The van der Waals surface area contributed by atoms with Crippen LogP contribution in [0.3, 0.4) is 0 Å². The third-order valence-corrected chi connectivity index (χ3v) is 4.64. The van der Waals surface area contributed by atoms with Crippen molar-refractivity contribution >= 4 is 40.2 Å². The average Bonchev–Trinajstić information content (AvgIpc) is 3.17. The van der Waals surface area contributed by atoms with E-state index < -0.39 is 0 Å². The number of thiophene rings is 1. The van der Waals surface area contributed by atoms with Crippen molar-refractivity contribution in [3.8, 4) is 0 Å². The van der Waals surface area contributed by atoms with Crippen LogP contribution in [0.15, 0.2) is 66.0 Å². The van der Waals surface area contributed by atoms with Crippen LogP contribution in [0.2, 0.25) is 0 Å². The Hall–Kier alpha value is -3.12. The van der Waals surface area contributed by atoms with Crippen molar-refractivity contribution in [1.29, 1.82) is 0 Å². The number of amides is 2. The van der Waals surface area contributed by atoms with E-state index in [1.165, 1.54) is 11.3 Å². The number of hydrogen-bond donors (Lipinski definition) is 2. The van der Waals surface area contributed by atoms with Crippen LogP contribution in [0.25, 0.3) is 0 Å². The second kappa shape index (κ2) is 7.84. The van der Waals surface area contributed by atoms with Crippen molar-refractivity contribution in [2.75, 3.05) is 29.6 Å². The predicted octanol–water partition coefficient (Wildman–Crippen LogP) is 4.32. The van der Waals surface area contributed by atoms with Gasteiger partial charge in [0.1, 0.15) is 0 Å². The zero-order chi connectivity index (χ0) is 18.5. The fourth-order valence-corrected chi connectivity index (χ4v) is 3.01. The molecular formula is C20H19N3O2S. The van der Waals surface area contributed by atoms with Crippen LogP contribution in [-0.4, -0.2) is 25.9 Å². The van der Waals surface area contributed by atoms with Gasteiger partial charge in [-0.3, -0.25) is 9.59 Å². The fourth-order valence-electron chi connectivity index (χ4n) is 2.39. The van der Waals surface area contributed by atoms with Crippen LogP contribution in [0.1, 0.15) is 20.0 Å². The Morgan fingerprint density at radius 3 is 2.08 bits per heavy atom. The lowest BCUT2D eigenvalue weighted by Gasteiger charge is -2.13. The maximum atomic E-state index is 12.4.